The van der Waals surface area contributed by atoms with E-state index in [1.54, 1.807) is 12.1 Å². The molecule has 0 atom stereocenters. The molecule has 0 bridgehead atoms. The summed E-state index contributed by atoms with van der Waals surface area (Å²) in [7, 11) is 1.44. The third-order valence-electron chi connectivity index (χ3n) is 2.21. The number of phenols is 1. The molecule has 0 spiro atoms. The van der Waals surface area contributed by atoms with E-state index in [0.29, 0.717) is 10.0 Å². The van der Waals surface area contributed by atoms with Crippen LogP contribution in [0.3, 0.4) is 0 Å². The molecule has 1 aromatic carbocycles. The first-order chi connectivity index (χ1) is 8.51. The summed E-state index contributed by atoms with van der Waals surface area (Å²) in [5.41, 5.74) is 0.631. The van der Waals surface area contributed by atoms with Crippen LogP contribution in [0, 0.1) is 0 Å². The van der Waals surface area contributed by atoms with Gasteiger partial charge in [0.15, 0.2) is 17.3 Å². The van der Waals surface area contributed by atoms with E-state index in [4.69, 9.17) is 21.7 Å². The summed E-state index contributed by atoms with van der Waals surface area (Å²) >= 11 is 7.90. The van der Waals surface area contributed by atoms with E-state index in [0.717, 1.165) is 0 Å². The molecule has 1 amide bonds. The van der Waals surface area contributed by atoms with Crippen LogP contribution in [0.1, 0.15) is 5.56 Å². The van der Waals surface area contributed by atoms with Gasteiger partial charge in [0.2, 0.25) is 0 Å². The zero-order valence-corrected chi connectivity index (χ0v) is 11.6. The predicted octanol–water partition coefficient (Wildman–Crippen LogP) is 1.94. The number of nitrogens with one attached hydrogen (secondary N) is 1. The number of hydrogen-bond donors (Lipinski definition) is 2. The van der Waals surface area contributed by atoms with Crippen molar-refractivity contribution in [3.05, 3.63) is 27.9 Å². The standard InChI is InChI=1S/C11H8BrNO4S/c1-16-7-3-5(2-6(12)9(7)14)4-8-10(15)13-11(18)17-8/h2-4,14H,1H3,(H,13,15,18)/b8-4-. The fourth-order valence-corrected chi connectivity index (χ4v) is 2.05. The van der Waals surface area contributed by atoms with Crippen LogP contribution in [0.25, 0.3) is 6.08 Å². The first-order valence-electron chi connectivity index (χ1n) is 4.82. The second-order valence-electron chi connectivity index (χ2n) is 3.41. The average Bonchev–Trinajstić information content (AvgIpc) is 2.62. The van der Waals surface area contributed by atoms with E-state index in [-0.39, 0.29) is 22.4 Å². The van der Waals surface area contributed by atoms with Gasteiger partial charge in [-0.3, -0.25) is 10.1 Å². The molecule has 0 saturated carbocycles. The highest BCUT2D eigenvalue weighted by molar-refractivity contribution is 9.10. The van der Waals surface area contributed by atoms with Crippen LogP contribution >= 0.6 is 28.1 Å². The molecule has 1 fully saturated rings. The van der Waals surface area contributed by atoms with Crippen molar-refractivity contribution >= 4 is 45.3 Å². The number of hydrogen-bond acceptors (Lipinski definition) is 5. The second-order valence-corrected chi connectivity index (χ2v) is 4.63. The van der Waals surface area contributed by atoms with Gasteiger partial charge in [-0.1, -0.05) is 0 Å². The summed E-state index contributed by atoms with van der Waals surface area (Å²) in [6.45, 7) is 0. The van der Waals surface area contributed by atoms with Gasteiger partial charge in [0.05, 0.1) is 11.6 Å². The Labute approximate surface area is 117 Å². The molecule has 0 radical (unpaired) electrons. The SMILES string of the molecule is COc1cc(/C=C2\OC(=S)NC2=O)cc(Br)c1O. The molecule has 1 aliphatic heterocycles. The van der Waals surface area contributed by atoms with Crippen molar-refractivity contribution < 1.29 is 19.4 Å². The Morgan fingerprint density at radius 1 is 1.56 bits per heavy atom. The second kappa shape index (κ2) is 4.95. The lowest BCUT2D eigenvalue weighted by Gasteiger charge is -2.06. The molecule has 7 heteroatoms. The van der Waals surface area contributed by atoms with Gasteiger partial charge in [-0.05, 0) is 51.9 Å². The average molecular weight is 330 g/mol. The predicted molar refractivity (Wildman–Crippen MR) is 72.2 cm³/mol. The summed E-state index contributed by atoms with van der Waals surface area (Å²) in [6, 6.07) is 3.20. The summed E-state index contributed by atoms with van der Waals surface area (Å²) in [6.07, 6.45) is 1.50. The minimum Gasteiger partial charge on any atom is -0.503 e. The maximum Gasteiger partial charge on any atom is 0.294 e. The number of carbonyl (C=O) groups excluding carboxylic acids is 1. The number of thiocarbonyl (C=S) groups is 1. The lowest BCUT2D eigenvalue weighted by Crippen LogP contribution is -2.18. The lowest BCUT2D eigenvalue weighted by molar-refractivity contribution is -0.116. The fourth-order valence-electron chi connectivity index (χ4n) is 1.41. The van der Waals surface area contributed by atoms with E-state index in [2.05, 4.69) is 21.2 Å². The Balaban J connectivity index is 2.41. The third-order valence-corrected chi connectivity index (χ3v) is 3.00. The molecule has 5 nitrogen and oxygen atoms in total. The number of methoxy groups -OCH3 is 1. The Bertz CT molecular complexity index is 570. The Kier molecular flexibility index (Phi) is 3.53. The first kappa shape index (κ1) is 12.8. The van der Waals surface area contributed by atoms with Crippen LogP contribution in [0.2, 0.25) is 0 Å². The molecule has 94 valence electrons. The highest BCUT2D eigenvalue weighted by Crippen LogP contribution is 2.35. The fraction of sp³-hybridized carbons (Fsp3) is 0.0909. The van der Waals surface area contributed by atoms with Crippen molar-refractivity contribution in [2.24, 2.45) is 0 Å². The molecule has 18 heavy (non-hydrogen) atoms. The smallest absolute Gasteiger partial charge is 0.294 e. The number of amides is 1. The number of ether oxygens (including phenoxy) is 2. The Hall–Kier alpha value is -1.60. The summed E-state index contributed by atoms with van der Waals surface area (Å²) in [4.78, 5) is 11.4. The molecule has 2 N–H and O–H groups in total. The highest BCUT2D eigenvalue weighted by atomic mass is 79.9. The van der Waals surface area contributed by atoms with E-state index in [1.807, 2.05) is 0 Å². The molecule has 0 aromatic heterocycles. The van der Waals surface area contributed by atoms with Crippen LogP contribution in [0.15, 0.2) is 22.4 Å². The molecule has 1 heterocycles. The summed E-state index contributed by atoms with van der Waals surface area (Å²) in [5, 5.41) is 12.0. The minimum absolute atomic E-state index is 0.00744. The number of halogens is 1. The Morgan fingerprint density at radius 2 is 2.28 bits per heavy atom. The molecular formula is C11H8BrNO4S. The monoisotopic (exact) mass is 329 g/mol. The first-order valence-corrected chi connectivity index (χ1v) is 6.02. The van der Waals surface area contributed by atoms with Crippen molar-refractivity contribution in [1.29, 1.82) is 0 Å². The van der Waals surface area contributed by atoms with Crippen LogP contribution in [0.5, 0.6) is 11.5 Å². The number of aromatic hydroxyl groups is 1. The van der Waals surface area contributed by atoms with Crippen LogP contribution in [0.4, 0.5) is 0 Å². The normalized spacial score (nSPS) is 16.7. The van der Waals surface area contributed by atoms with E-state index < -0.39 is 5.91 Å². The molecule has 0 unspecified atom stereocenters. The number of carbonyl (C=O) groups is 1. The summed E-state index contributed by atoms with van der Waals surface area (Å²) in [5.74, 6) is -0.0213. The van der Waals surface area contributed by atoms with Crippen LogP contribution in [-0.2, 0) is 9.53 Å². The van der Waals surface area contributed by atoms with Crippen molar-refractivity contribution in [3.63, 3.8) is 0 Å². The van der Waals surface area contributed by atoms with Gasteiger partial charge in [-0.2, -0.15) is 0 Å². The largest absolute Gasteiger partial charge is 0.503 e. The zero-order valence-electron chi connectivity index (χ0n) is 9.19. The molecular weight excluding hydrogens is 322 g/mol. The van der Waals surface area contributed by atoms with Crippen molar-refractivity contribution in [1.82, 2.24) is 5.32 Å². The highest BCUT2D eigenvalue weighted by Gasteiger charge is 2.23. The third kappa shape index (κ3) is 2.46. The van der Waals surface area contributed by atoms with Gasteiger partial charge in [-0.15, -0.1) is 0 Å². The van der Waals surface area contributed by atoms with Gasteiger partial charge in [0.25, 0.3) is 11.1 Å². The molecule has 0 aliphatic carbocycles. The minimum atomic E-state index is -0.400. The van der Waals surface area contributed by atoms with E-state index in [9.17, 15) is 9.90 Å². The van der Waals surface area contributed by atoms with Gasteiger partial charge < -0.3 is 14.6 Å². The Morgan fingerprint density at radius 3 is 2.83 bits per heavy atom. The lowest BCUT2D eigenvalue weighted by atomic mass is 10.1. The molecule has 1 aliphatic rings. The molecule has 1 aromatic rings. The van der Waals surface area contributed by atoms with Gasteiger partial charge in [0, 0.05) is 0 Å². The van der Waals surface area contributed by atoms with Gasteiger partial charge >= 0.3 is 0 Å². The maximum absolute atomic E-state index is 11.4. The van der Waals surface area contributed by atoms with E-state index in [1.165, 1.54) is 13.2 Å². The van der Waals surface area contributed by atoms with Gasteiger partial charge in [-0.25, -0.2) is 0 Å². The quantitative estimate of drug-likeness (QED) is 0.641. The topological polar surface area (TPSA) is 67.8 Å². The van der Waals surface area contributed by atoms with Crippen molar-refractivity contribution in [3.8, 4) is 11.5 Å². The molecule has 2 rings (SSSR count). The van der Waals surface area contributed by atoms with Crippen molar-refractivity contribution in [2.45, 2.75) is 0 Å². The zero-order chi connectivity index (χ0) is 13.3. The summed E-state index contributed by atoms with van der Waals surface area (Å²) < 4.78 is 10.5. The maximum atomic E-state index is 11.4. The molecule has 1 saturated heterocycles. The number of phenolic OH excluding ortho intramolecular Hbond substituents is 1. The number of benzene rings is 1. The van der Waals surface area contributed by atoms with Crippen LogP contribution in [-0.4, -0.2) is 23.3 Å². The van der Waals surface area contributed by atoms with Gasteiger partial charge in [0.1, 0.15) is 0 Å². The van der Waals surface area contributed by atoms with E-state index >= 15 is 0 Å². The van der Waals surface area contributed by atoms with Crippen molar-refractivity contribution in [2.75, 3.05) is 7.11 Å². The number of rotatable bonds is 2. The van der Waals surface area contributed by atoms with Crippen LogP contribution < -0.4 is 10.1 Å².